The molecule has 0 fully saturated rings. The van der Waals surface area contributed by atoms with Crippen molar-refractivity contribution >= 4 is 32.7 Å². The Morgan fingerprint density at radius 3 is 2.57 bits per heavy atom. The number of carbonyl (C=O) groups is 1. The molecule has 0 spiro atoms. The Hall–Kier alpha value is -2.67. The third kappa shape index (κ3) is 2.95. The van der Waals surface area contributed by atoms with E-state index in [1.165, 1.54) is 12.1 Å². The number of carbonyl (C=O) groups excluding carboxylic acids is 1. The molecule has 0 saturated carbocycles. The van der Waals surface area contributed by atoms with E-state index in [4.69, 9.17) is 0 Å². The number of aromatic amines is 1. The zero-order valence-electron chi connectivity index (χ0n) is 12.4. The third-order valence-electron chi connectivity index (χ3n) is 3.47. The van der Waals surface area contributed by atoms with Crippen molar-refractivity contribution in [2.24, 2.45) is 0 Å². The number of aromatic nitrogens is 2. The van der Waals surface area contributed by atoms with Crippen molar-refractivity contribution < 1.29 is 13.2 Å². The SMILES string of the molecule is CCS(=O)(=O)c1ccccc1C(=O)Nc1nc2ccccc2[nH]1. The van der Waals surface area contributed by atoms with Gasteiger partial charge in [-0.3, -0.25) is 10.1 Å². The summed E-state index contributed by atoms with van der Waals surface area (Å²) in [5.41, 5.74) is 1.62. The average molecular weight is 329 g/mol. The van der Waals surface area contributed by atoms with E-state index in [1.54, 1.807) is 19.1 Å². The van der Waals surface area contributed by atoms with Gasteiger partial charge in [0.1, 0.15) is 0 Å². The number of hydrogen-bond acceptors (Lipinski definition) is 4. The summed E-state index contributed by atoms with van der Waals surface area (Å²) in [7, 11) is -3.48. The Labute approximate surface area is 133 Å². The van der Waals surface area contributed by atoms with Crippen LogP contribution in [0.3, 0.4) is 0 Å². The minimum absolute atomic E-state index is 0.0242. The molecule has 0 aliphatic rings. The second-order valence-electron chi connectivity index (χ2n) is 4.96. The van der Waals surface area contributed by atoms with Gasteiger partial charge in [0.25, 0.3) is 5.91 Å². The lowest BCUT2D eigenvalue weighted by atomic mass is 10.2. The smallest absolute Gasteiger partial charge is 0.259 e. The number of nitrogens with zero attached hydrogens (tertiary/aromatic N) is 1. The van der Waals surface area contributed by atoms with Crippen LogP contribution in [0.4, 0.5) is 5.95 Å². The number of nitrogens with one attached hydrogen (secondary N) is 2. The van der Waals surface area contributed by atoms with E-state index < -0.39 is 15.7 Å². The molecule has 3 aromatic rings. The molecule has 1 heterocycles. The normalized spacial score (nSPS) is 11.5. The van der Waals surface area contributed by atoms with Gasteiger partial charge in [-0.1, -0.05) is 31.2 Å². The molecule has 6 nitrogen and oxygen atoms in total. The van der Waals surface area contributed by atoms with Gasteiger partial charge in [-0.25, -0.2) is 13.4 Å². The van der Waals surface area contributed by atoms with E-state index in [1.807, 2.05) is 24.3 Å². The highest BCUT2D eigenvalue weighted by Crippen LogP contribution is 2.19. The summed E-state index contributed by atoms with van der Waals surface area (Å²) < 4.78 is 24.2. The first-order chi connectivity index (χ1) is 11.0. The predicted octanol–water partition coefficient (Wildman–Crippen LogP) is 2.61. The maximum Gasteiger partial charge on any atom is 0.259 e. The number of sulfone groups is 1. The molecule has 3 rings (SSSR count). The molecule has 23 heavy (non-hydrogen) atoms. The Morgan fingerprint density at radius 2 is 1.83 bits per heavy atom. The number of imidazole rings is 1. The molecule has 1 amide bonds. The van der Waals surface area contributed by atoms with Crippen LogP contribution in [0.2, 0.25) is 0 Å². The van der Waals surface area contributed by atoms with Crippen LogP contribution in [0, 0.1) is 0 Å². The van der Waals surface area contributed by atoms with E-state index >= 15 is 0 Å². The van der Waals surface area contributed by atoms with Gasteiger partial charge in [-0.15, -0.1) is 0 Å². The van der Waals surface area contributed by atoms with Crippen molar-refractivity contribution in [2.75, 3.05) is 11.1 Å². The Morgan fingerprint density at radius 1 is 1.13 bits per heavy atom. The number of hydrogen-bond donors (Lipinski definition) is 2. The lowest BCUT2D eigenvalue weighted by molar-refractivity contribution is 0.102. The van der Waals surface area contributed by atoms with Crippen molar-refractivity contribution in [3.63, 3.8) is 0 Å². The quantitative estimate of drug-likeness (QED) is 0.769. The van der Waals surface area contributed by atoms with Crippen LogP contribution in [-0.2, 0) is 9.84 Å². The lowest BCUT2D eigenvalue weighted by Crippen LogP contribution is -2.17. The molecule has 0 aliphatic carbocycles. The van der Waals surface area contributed by atoms with Gasteiger partial charge in [-0.2, -0.15) is 0 Å². The fourth-order valence-corrected chi connectivity index (χ4v) is 3.36. The van der Waals surface area contributed by atoms with Crippen LogP contribution in [0.1, 0.15) is 17.3 Å². The molecule has 0 saturated heterocycles. The molecule has 0 atom stereocenters. The fourth-order valence-electron chi connectivity index (χ4n) is 2.27. The third-order valence-corrected chi connectivity index (χ3v) is 5.25. The highest BCUT2D eigenvalue weighted by Gasteiger charge is 2.21. The molecule has 118 valence electrons. The highest BCUT2D eigenvalue weighted by atomic mass is 32.2. The summed E-state index contributed by atoms with van der Waals surface area (Å²) >= 11 is 0. The number of para-hydroxylation sites is 2. The van der Waals surface area contributed by atoms with Crippen LogP contribution in [-0.4, -0.2) is 30.0 Å². The highest BCUT2D eigenvalue weighted by molar-refractivity contribution is 7.91. The number of anilines is 1. The zero-order chi connectivity index (χ0) is 16.4. The van der Waals surface area contributed by atoms with E-state index in [2.05, 4.69) is 15.3 Å². The monoisotopic (exact) mass is 329 g/mol. The van der Waals surface area contributed by atoms with Crippen molar-refractivity contribution in [1.82, 2.24) is 9.97 Å². The van der Waals surface area contributed by atoms with Crippen molar-refractivity contribution in [2.45, 2.75) is 11.8 Å². The van der Waals surface area contributed by atoms with Crippen LogP contribution in [0.5, 0.6) is 0 Å². The van der Waals surface area contributed by atoms with E-state index in [-0.39, 0.29) is 22.2 Å². The molecule has 1 aromatic heterocycles. The average Bonchev–Trinajstić information content (AvgIpc) is 2.97. The molecular formula is C16H15N3O3S. The minimum Gasteiger partial charge on any atom is -0.324 e. The van der Waals surface area contributed by atoms with Crippen molar-refractivity contribution in [3.05, 3.63) is 54.1 Å². The number of amides is 1. The molecule has 2 N–H and O–H groups in total. The van der Waals surface area contributed by atoms with Gasteiger partial charge in [0.05, 0.1) is 27.2 Å². The van der Waals surface area contributed by atoms with Gasteiger partial charge < -0.3 is 4.98 Å². The van der Waals surface area contributed by atoms with Gasteiger partial charge in [0.15, 0.2) is 9.84 Å². The molecule has 0 unspecified atom stereocenters. The number of H-pyrrole nitrogens is 1. The predicted molar refractivity (Wildman–Crippen MR) is 88.2 cm³/mol. The van der Waals surface area contributed by atoms with Crippen LogP contribution in [0.15, 0.2) is 53.4 Å². The second kappa shape index (κ2) is 5.85. The Kier molecular flexibility index (Phi) is 3.87. The van der Waals surface area contributed by atoms with Crippen LogP contribution < -0.4 is 5.32 Å². The molecule has 0 aliphatic heterocycles. The molecule has 0 bridgehead atoms. The Bertz CT molecular complexity index is 944. The minimum atomic E-state index is -3.48. The summed E-state index contributed by atoms with van der Waals surface area (Å²) in [6.45, 7) is 1.54. The van der Waals surface area contributed by atoms with Gasteiger partial charge in [0, 0.05) is 0 Å². The van der Waals surface area contributed by atoms with Gasteiger partial charge in [0.2, 0.25) is 5.95 Å². The maximum absolute atomic E-state index is 12.4. The summed E-state index contributed by atoms with van der Waals surface area (Å²) in [5, 5.41) is 2.61. The Balaban J connectivity index is 1.95. The zero-order valence-corrected chi connectivity index (χ0v) is 13.2. The van der Waals surface area contributed by atoms with Gasteiger partial charge >= 0.3 is 0 Å². The largest absolute Gasteiger partial charge is 0.324 e. The first-order valence-electron chi connectivity index (χ1n) is 7.09. The van der Waals surface area contributed by atoms with E-state index in [9.17, 15) is 13.2 Å². The molecular weight excluding hydrogens is 314 g/mol. The fraction of sp³-hybridized carbons (Fsp3) is 0.125. The number of rotatable bonds is 4. The molecule has 7 heteroatoms. The standard InChI is InChI=1S/C16H15N3O3S/c1-2-23(21,22)14-10-6-3-7-11(14)15(20)19-16-17-12-8-4-5-9-13(12)18-16/h3-10H,2H2,1H3,(H2,17,18,19,20). The first-order valence-corrected chi connectivity index (χ1v) is 8.74. The molecule has 0 radical (unpaired) electrons. The van der Waals surface area contributed by atoms with Crippen LogP contribution in [0.25, 0.3) is 11.0 Å². The van der Waals surface area contributed by atoms with Crippen LogP contribution >= 0.6 is 0 Å². The van der Waals surface area contributed by atoms with E-state index in [0.717, 1.165) is 11.0 Å². The molecule has 2 aromatic carbocycles. The maximum atomic E-state index is 12.4. The van der Waals surface area contributed by atoms with Crippen molar-refractivity contribution in [3.8, 4) is 0 Å². The second-order valence-corrected chi connectivity index (χ2v) is 7.20. The number of benzene rings is 2. The van der Waals surface area contributed by atoms with E-state index in [0.29, 0.717) is 0 Å². The van der Waals surface area contributed by atoms with Gasteiger partial charge in [-0.05, 0) is 24.3 Å². The topological polar surface area (TPSA) is 91.9 Å². The summed E-state index contributed by atoms with van der Waals surface area (Å²) in [6, 6.07) is 13.5. The van der Waals surface area contributed by atoms with Crippen molar-refractivity contribution in [1.29, 1.82) is 0 Å². The first kappa shape index (κ1) is 15.2. The summed E-state index contributed by atoms with van der Waals surface area (Å²) in [6.07, 6.45) is 0. The summed E-state index contributed by atoms with van der Waals surface area (Å²) in [5.74, 6) is -0.307. The lowest BCUT2D eigenvalue weighted by Gasteiger charge is -2.08. The number of fused-ring (bicyclic) bond motifs is 1. The summed E-state index contributed by atoms with van der Waals surface area (Å²) in [4.78, 5) is 19.7.